The molecule has 0 unspecified atom stereocenters. The molecule has 104 valence electrons. The maximum Gasteiger partial charge on any atom is 0.228 e. The maximum atomic E-state index is 13.2. The van der Waals surface area contributed by atoms with Crippen molar-refractivity contribution >= 4 is 11.6 Å². The van der Waals surface area contributed by atoms with Crippen LogP contribution in [0.4, 0.5) is 10.1 Å². The fourth-order valence-electron chi connectivity index (χ4n) is 1.89. The van der Waals surface area contributed by atoms with Gasteiger partial charge < -0.3 is 10.1 Å². The second kappa shape index (κ2) is 6.19. The second-order valence-corrected chi connectivity index (χ2v) is 4.54. The maximum absolute atomic E-state index is 13.2. The molecule has 0 atom stereocenters. The lowest BCUT2D eigenvalue weighted by atomic mass is 10.1. The topological polar surface area (TPSA) is 38.3 Å². The largest absolute Gasteiger partial charge is 0.497 e. The summed E-state index contributed by atoms with van der Waals surface area (Å²) in [5.74, 6) is 0.150. The van der Waals surface area contributed by atoms with E-state index < -0.39 is 0 Å². The number of anilines is 1. The van der Waals surface area contributed by atoms with Crippen LogP contribution >= 0.6 is 0 Å². The van der Waals surface area contributed by atoms with Crippen molar-refractivity contribution < 1.29 is 13.9 Å². The number of methoxy groups -OCH3 is 1. The van der Waals surface area contributed by atoms with E-state index in [1.165, 1.54) is 12.1 Å². The van der Waals surface area contributed by atoms with Gasteiger partial charge in [0.15, 0.2) is 0 Å². The predicted molar refractivity (Wildman–Crippen MR) is 76.5 cm³/mol. The van der Waals surface area contributed by atoms with Gasteiger partial charge in [0.2, 0.25) is 5.91 Å². The number of nitrogens with one attached hydrogen (secondary N) is 1. The average molecular weight is 273 g/mol. The van der Waals surface area contributed by atoms with Crippen LogP contribution in [0, 0.1) is 12.7 Å². The number of carbonyl (C=O) groups is 1. The molecule has 0 bridgehead atoms. The molecule has 0 saturated heterocycles. The zero-order chi connectivity index (χ0) is 14.5. The smallest absolute Gasteiger partial charge is 0.228 e. The summed E-state index contributed by atoms with van der Waals surface area (Å²) >= 11 is 0. The molecule has 0 radical (unpaired) electrons. The van der Waals surface area contributed by atoms with Crippen LogP contribution < -0.4 is 10.1 Å². The summed E-state index contributed by atoms with van der Waals surface area (Å²) in [6.45, 7) is 1.82. The molecule has 3 nitrogen and oxygen atoms in total. The van der Waals surface area contributed by atoms with E-state index in [4.69, 9.17) is 4.74 Å². The zero-order valence-corrected chi connectivity index (χ0v) is 11.4. The third-order valence-electron chi connectivity index (χ3n) is 2.97. The van der Waals surface area contributed by atoms with Crippen molar-refractivity contribution in [3.8, 4) is 5.75 Å². The van der Waals surface area contributed by atoms with Crippen molar-refractivity contribution in [2.45, 2.75) is 13.3 Å². The van der Waals surface area contributed by atoms with Gasteiger partial charge in [0.25, 0.3) is 0 Å². The zero-order valence-electron chi connectivity index (χ0n) is 11.4. The molecule has 0 aromatic heterocycles. The standard InChI is InChI=1S/C16H16FNO2/c1-11-6-7-13(17)10-15(11)18-16(19)9-12-4-3-5-14(8-12)20-2/h3-8,10H,9H2,1-2H3,(H,18,19). The lowest BCUT2D eigenvalue weighted by Crippen LogP contribution is -2.15. The highest BCUT2D eigenvalue weighted by atomic mass is 19.1. The van der Waals surface area contributed by atoms with Gasteiger partial charge in [-0.15, -0.1) is 0 Å². The highest BCUT2D eigenvalue weighted by Crippen LogP contribution is 2.17. The van der Waals surface area contributed by atoms with E-state index in [1.54, 1.807) is 19.2 Å². The number of aryl methyl sites for hydroxylation is 1. The monoisotopic (exact) mass is 273 g/mol. The van der Waals surface area contributed by atoms with Crippen molar-refractivity contribution in [1.82, 2.24) is 0 Å². The molecule has 2 aromatic rings. The number of hydrogen-bond donors (Lipinski definition) is 1. The van der Waals surface area contributed by atoms with Gasteiger partial charge in [0, 0.05) is 5.69 Å². The third kappa shape index (κ3) is 3.57. The second-order valence-electron chi connectivity index (χ2n) is 4.54. The van der Waals surface area contributed by atoms with Crippen LogP contribution in [0.2, 0.25) is 0 Å². The van der Waals surface area contributed by atoms with Crippen LogP contribution in [-0.2, 0) is 11.2 Å². The Kier molecular flexibility index (Phi) is 4.35. The van der Waals surface area contributed by atoms with Gasteiger partial charge in [-0.3, -0.25) is 4.79 Å². The highest BCUT2D eigenvalue weighted by molar-refractivity contribution is 5.93. The van der Waals surface area contributed by atoms with Crippen LogP contribution in [0.1, 0.15) is 11.1 Å². The molecule has 0 heterocycles. The number of carbonyl (C=O) groups excluding carboxylic acids is 1. The first kappa shape index (κ1) is 14.1. The Morgan fingerprint density at radius 3 is 2.80 bits per heavy atom. The van der Waals surface area contributed by atoms with Crippen molar-refractivity contribution in [3.05, 3.63) is 59.4 Å². The van der Waals surface area contributed by atoms with Crippen LogP contribution in [0.15, 0.2) is 42.5 Å². The number of ether oxygens (including phenoxy) is 1. The summed E-state index contributed by atoms with van der Waals surface area (Å²) in [4.78, 5) is 12.0. The fourth-order valence-corrected chi connectivity index (χ4v) is 1.89. The molecular weight excluding hydrogens is 257 g/mol. The normalized spacial score (nSPS) is 10.2. The van der Waals surface area contributed by atoms with Gasteiger partial charge in [-0.1, -0.05) is 18.2 Å². The molecule has 2 aromatic carbocycles. The van der Waals surface area contributed by atoms with Crippen LogP contribution in [0.5, 0.6) is 5.75 Å². The molecule has 2 rings (SSSR count). The SMILES string of the molecule is COc1cccc(CC(=O)Nc2cc(F)ccc2C)c1. The molecule has 0 aliphatic heterocycles. The summed E-state index contributed by atoms with van der Waals surface area (Å²) in [7, 11) is 1.58. The fraction of sp³-hybridized carbons (Fsp3) is 0.188. The van der Waals surface area contributed by atoms with Crippen LogP contribution in [0.25, 0.3) is 0 Å². The van der Waals surface area contributed by atoms with E-state index in [2.05, 4.69) is 5.32 Å². The van der Waals surface area contributed by atoms with E-state index in [0.29, 0.717) is 11.4 Å². The first-order valence-electron chi connectivity index (χ1n) is 6.27. The van der Waals surface area contributed by atoms with Gasteiger partial charge in [-0.05, 0) is 42.3 Å². The molecule has 0 aliphatic rings. The number of benzene rings is 2. The van der Waals surface area contributed by atoms with Gasteiger partial charge in [0.05, 0.1) is 13.5 Å². The molecule has 4 heteroatoms. The summed E-state index contributed by atoms with van der Waals surface area (Å²) in [5.41, 5.74) is 2.17. The Morgan fingerprint density at radius 1 is 1.25 bits per heavy atom. The summed E-state index contributed by atoms with van der Waals surface area (Å²) < 4.78 is 18.3. The molecule has 0 fully saturated rings. The Hall–Kier alpha value is -2.36. The van der Waals surface area contributed by atoms with E-state index in [9.17, 15) is 9.18 Å². The predicted octanol–water partition coefficient (Wildman–Crippen LogP) is 3.32. The van der Waals surface area contributed by atoms with E-state index in [1.807, 2.05) is 25.1 Å². The van der Waals surface area contributed by atoms with Crippen molar-refractivity contribution in [2.24, 2.45) is 0 Å². The average Bonchev–Trinajstić information content (AvgIpc) is 2.43. The Morgan fingerprint density at radius 2 is 2.05 bits per heavy atom. The first-order chi connectivity index (χ1) is 9.58. The minimum Gasteiger partial charge on any atom is -0.497 e. The molecule has 20 heavy (non-hydrogen) atoms. The van der Waals surface area contributed by atoms with Crippen LogP contribution in [-0.4, -0.2) is 13.0 Å². The van der Waals surface area contributed by atoms with E-state index in [0.717, 1.165) is 11.1 Å². The van der Waals surface area contributed by atoms with E-state index in [-0.39, 0.29) is 18.1 Å². The number of amides is 1. The molecule has 0 spiro atoms. The molecule has 1 amide bonds. The van der Waals surface area contributed by atoms with Crippen molar-refractivity contribution in [2.75, 3.05) is 12.4 Å². The summed E-state index contributed by atoms with van der Waals surface area (Å²) in [5, 5.41) is 2.72. The third-order valence-corrected chi connectivity index (χ3v) is 2.97. The molecule has 0 aliphatic carbocycles. The minimum absolute atomic E-state index is 0.188. The van der Waals surface area contributed by atoms with Gasteiger partial charge in [0.1, 0.15) is 11.6 Å². The number of halogens is 1. The lowest BCUT2D eigenvalue weighted by molar-refractivity contribution is -0.115. The van der Waals surface area contributed by atoms with Gasteiger partial charge in [-0.2, -0.15) is 0 Å². The number of rotatable bonds is 4. The Balaban J connectivity index is 2.07. The Labute approximate surface area is 117 Å². The molecular formula is C16H16FNO2. The van der Waals surface area contributed by atoms with Crippen molar-refractivity contribution in [1.29, 1.82) is 0 Å². The van der Waals surface area contributed by atoms with Gasteiger partial charge >= 0.3 is 0 Å². The lowest BCUT2D eigenvalue weighted by Gasteiger charge is -2.09. The summed E-state index contributed by atoms with van der Waals surface area (Å²) in [6, 6.07) is 11.6. The van der Waals surface area contributed by atoms with Crippen LogP contribution in [0.3, 0.4) is 0 Å². The minimum atomic E-state index is -0.368. The Bertz CT molecular complexity index is 626. The quantitative estimate of drug-likeness (QED) is 0.928. The van der Waals surface area contributed by atoms with E-state index >= 15 is 0 Å². The van der Waals surface area contributed by atoms with Gasteiger partial charge in [-0.25, -0.2) is 4.39 Å². The molecule has 1 N–H and O–H groups in total. The highest BCUT2D eigenvalue weighted by Gasteiger charge is 2.07. The summed E-state index contributed by atoms with van der Waals surface area (Å²) in [6.07, 6.45) is 0.215. The number of hydrogen-bond acceptors (Lipinski definition) is 2. The molecule has 0 saturated carbocycles. The van der Waals surface area contributed by atoms with Crippen molar-refractivity contribution in [3.63, 3.8) is 0 Å². The first-order valence-corrected chi connectivity index (χ1v) is 6.27.